The Morgan fingerprint density at radius 1 is 1.47 bits per heavy atom. The fourth-order valence-electron chi connectivity index (χ4n) is 0.930. The van der Waals surface area contributed by atoms with E-state index in [1.54, 1.807) is 0 Å². The number of ether oxygens (including phenoxy) is 2. The van der Waals surface area contributed by atoms with Crippen LogP contribution in [-0.4, -0.2) is 24.3 Å². The van der Waals surface area contributed by atoms with Crippen molar-refractivity contribution in [1.29, 1.82) is 0 Å². The van der Waals surface area contributed by atoms with Gasteiger partial charge in [-0.25, -0.2) is 9.37 Å². The number of hydrogen-bond donors (Lipinski definition) is 0. The second-order valence-electron chi connectivity index (χ2n) is 3.21. The van der Waals surface area contributed by atoms with Gasteiger partial charge in [0, 0.05) is 10.7 Å². The van der Waals surface area contributed by atoms with Crippen LogP contribution in [-0.2, 0) is 4.74 Å². The van der Waals surface area contributed by atoms with Gasteiger partial charge in [-0.3, -0.25) is 0 Å². The minimum atomic E-state index is -0.478. The molecule has 0 aromatic carbocycles. The Balaban J connectivity index is 2.37. The lowest BCUT2D eigenvalue weighted by atomic mass is 10.4. The lowest BCUT2D eigenvalue weighted by Crippen LogP contribution is -2.12. The fraction of sp³-hybridized carbons (Fsp3) is 0.500. The quantitative estimate of drug-likeness (QED) is 0.776. The second kappa shape index (κ2) is 6.02. The lowest BCUT2D eigenvalue weighted by Gasteiger charge is -2.08. The van der Waals surface area contributed by atoms with Crippen molar-refractivity contribution >= 4 is 15.9 Å². The van der Waals surface area contributed by atoms with Gasteiger partial charge in [-0.15, -0.1) is 0 Å². The van der Waals surface area contributed by atoms with Crippen LogP contribution in [0.5, 0.6) is 5.88 Å². The maximum absolute atomic E-state index is 13.2. The molecule has 0 unspecified atom stereocenters. The first kappa shape index (κ1) is 12.4. The molecule has 0 bridgehead atoms. The first-order valence-electron chi connectivity index (χ1n) is 4.65. The highest BCUT2D eigenvalue weighted by molar-refractivity contribution is 9.10. The maximum Gasteiger partial charge on any atom is 0.250 e. The average Bonchev–Trinajstić information content (AvgIpc) is 2.14. The van der Waals surface area contributed by atoms with E-state index in [2.05, 4.69) is 20.9 Å². The van der Waals surface area contributed by atoms with Crippen LogP contribution in [0.15, 0.2) is 16.7 Å². The monoisotopic (exact) mass is 277 g/mol. The minimum Gasteiger partial charge on any atom is -0.473 e. The Bertz CT molecular complexity index is 320. The molecular formula is C10H13BrFNO2. The Morgan fingerprint density at radius 3 is 2.80 bits per heavy atom. The van der Waals surface area contributed by atoms with Crippen molar-refractivity contribution in [2.45, 2.75) is 20.0 Å². The minimum absolute atomic E-state index is 0.00514. The topological polar surface area (TPSA) is 31.4 Å². The summed E-state index contributed by atoms with van der Waals surface area (Å²) in [5.74, 6) is -0.473. The maximum atomic E-state index is 13.2. The molecule has 1 aromatic heterocycles. The van der Waals surface area contributed by atoms with E-state index in [1.807, 2.05) is 13.8 Å². The van der Waals surface area contributed by atoms with Gasteiger partial charge < -0.3 is 9.47 Å². The number of halogens is 2. The van der Waals surface area contributed by atoms with Crippen LogP contribution in [0, 0.1) is 5.82 Å². The molecule has 0 aliphatic rings. The largest absolute Gasteiger partial charge is 0.473 e. The van der Waals surface area contributed by atoms with E-state index in [1.165, 1.54) is 12.3 Å². The molecule has 0 aliphatic carbocycles. The SMILES string of the molecule is CC(C)OCCOc1ncc(Br)cc1F. The predicted octanol–water partition coefficient (Wildman–Crippen LogP) is 2.79. The summed E-state index contributed by atoms with van der Waals surface area (Å²) >= 11 is 3.11. The van der Waals surface area contributed by atoms with E-state index >= 15 is 0 Å². The molecule has 0 saturated carbocycles. The van der Waals surface area contributed by atoms with Gasteiger partial charge in [0.25, 0.3) is 5.88 Å². The number of nitrogens with zero attached hydrogens (tertiary/aromatic N) is 1. The fourth-order valence-corrected chi connectivity index (χ4v) is 1.23. The Morgan fingerprint density at radius 2 is 2.20 bits per heavy atom. The second-order valence-corrected chi connectivity index (χ2v) is 4.12. The lowest BCUT2D eigenvalue weighted by molar-refractivity contribution is 0.0533. The molecule has 0 radical (unpaired) electrons. The summed E-state index contributed by atoms with van der Waals surface area (Å²) in [6.07, 6.45) is 1.64. The van der Waals surface area contributed by atoms with Gasteiger partial charge in [-0.05, 0) is 35.8 Å². The van der Waals surface area contributed by atoms with Gasteiger partial charge in [-0.1, -0.05) is 0 Å². The third-order valence-electron chi connectivity index (χ3n) is 1.55. The van der Waals surface area contributed by atoms with Gasteiger partial charge in [0.05, 0.1) is 12.7 Å². The van der Waals surface area contributed by atoms with Gasteiger partial charge in [0.2, 0.25) is 0 Å². The Kier molecular flexibility index (Phi) is 4.98. The summed E-state index contributed by atoms with van der Waals surface area (Å²) in [5.41, 5.74) is 0. The summed E-state index contributed by atoms with van der Waals surface area (Å²) < 4.78 is 24.1. The van der Waals surface area contributed by atoms with Crippen molar-refractivity contribution in [3.8, 4) is 5.88 Å². The van der Waals surface area contributed by atoms with Gasteiger partial charge >= 0.3 is 0 Å². The van der Waals surface area contributed by atoms with E-state index in [0.29, 0.717) is 17.7 Å². The normalized spacial score (nSPS) is 10.7. The highest BCUT2D eigenvalue weighted by Crippen LogP contribution is 2.17. The highest BCUT2D eigenvalue weighted by atomic mass is 79.9. The third kappa shape index (κ3) is 4.57. The Hall–Kier alpha value is -0.680. The molecule has 0 atom stereocenters. The van der Waals surface area contributed by atoms with Crippen LogP contribution in [0.4, 0.5) is 4.39 Å². The molecule has 0 fully saturated rings. The molecular weight excluding hydrogens is 265 g/mol. The van der Waals surface area contributed by atoms with Crippen molar-refractivity contribution in [2.24, 2.45) is 0 Å². The van der Waals surface area contributed by atoms with Crippen LogP contribution >= 0.6 is 15.9 Å². The van der Waals surface area contributed by atoms with Crippen molar-refractivity contribution in [3.05, 3.63) is 22.6 Å². The summed E-state index contributed by atoms with van der Waals surface area (Å²) in [6.45, 7) is 4.58. The van der Waals surface area contributed by atoms with Crippen molar-refractivity contribution < 1.29 is 13.9 Å². The Labute approximate surface area is 96.7 Å². The van der Waals surface area contributed by atoms with Crippen molar-refractivity contribution in [3.63, 3.8) is 0 Å². The number of rotatable bonds is 5. The molecule has 84 valence electrons. The van der Waals surface area contributed by atoms with E-state index in [4.69, 9.17) is 9.47 Å². The molecule has 5 heteroatoms. The smallest absolute Gasteiger partial charge is 0.250 e. The standard InChI is InChI=1S/C10H13BrFNO2/c1-7(2)14-3-4-15-10-9(12)5-8(11)6-13-10/h5-7H,3-4H2,1-2H3. The van der Waals surface area contributed by atoms with Crippen LogP contribution in [0.25, 0.3) is 0 Å². The summed E-state index contributed by atoms with van der Waals surface area (Å²) in [6, 6.07) is 1.31. The summed E-state index contributed by atoms with van der Waals surface area (Å²) in [4.78, 5) is 3.79. The first-order valence-corrected chi connectivity index (χ1v) is 5.44. The molecule has 0 aliphatic heterocycles. The van der Waals surface area contributed by atoms with Crippen LogP contribution in [0.2, 0.25) is 0 Å². The first-order chi connectivity index (χ1) is 7.09. The van der Waals surface area contributed by atoms with Gasteiger partial charge in [0.1, 0.15) is 6.61 Å². The zero-order valence-corrected chi connectivity index (χ0v) is 10.3. The van der Waals surface area contributed by atoms with Gasteiger partial charge in [-0.2, -0.15) is 0 Å². The summed E-state index contributed by atoms with van der Waals surface area (Å²) in [5, 5.41) is 0. The molecule has 0 N–H and O–H groups in total. The highest BCUT2D eigenvalue weighted by Gasteiger charge is 2.05. The molecule has 1 rings (SSSR count). The van der Waals surface area contributed by atoms with E-state index in [0.717, 1.165) is 0 Å². The number of pyridine rings is 1. The number of aromatic nitrogens is 1. The predicted molar refractivity (Wildman–Crippen MR) is 58.5 cm³/mol. The van der Waals surface area contributed by atoms with Gasteiger partial charge in [0.15, 0.2) is 5.82 Å². The molecule has 1 heterocycles. The van der Waals surface area contributed by atoms with Crippen molar-refractivity contribution in [1.82, 2.24) is 4.98 Å². The van der Waals surface area contributed by atoms with Crippen LogP contribution in [0.3, 0.4) is 0 Å². The zero-order chi connectivity index (χ0) is 11.3. The molecule has 15 heavy (non-hydrogen) atoms. The number of hydrogen-bond acceptors (Lipinski definition) is 3. The van der Waals surface area contributed by atoms with E-state index in [-0.39, 0.29) is 12.0 Å². The zero-order valence-electron chi connectivity index (χ0n) is 8.67. The van der Waals surface area contributed by atoms with Crippen LogP contribution in [0.1, 0.15) is 13.8 Å². The van der Waals surface area contributed by atoms with Crippen molar-refractivity contribution in [2.75, 3.05) is 13.2 Å². The third-order valence-corrected chi connectivity index (χ3v) is 1.98. The molecule has 3 nitrogen and oxygen atoms in total. The van der Waals surface area contributed by atoms with E-state index in [9.17, 15) is 4.39 Å². The molecule has 0 amide bonds. The van der Waals surface area contributed by atoms with E-state index < -0.39 is 5.82 Å². The molecule has 0 saturated heterocycles. The average molecular weight is 278 g/mol. The molecule has 1 aromatic rings. The summed E-state index contributed by atoms with van der Waals surface area (Å²) in [7, 11) is 0. The van der Waals surface area contributed by atoms with Crippen LogP contribution < -0.4 is 4.74 Å². The molecule has 0 spiro atoms.